The first-order valence-corrected chi connectivity index (χ1v) is 5.04. The van der Waals surface area contributed by atoms with Crippen LogP contribution in [0.3, 0.4) is 0 Å². The van der Waals surface area contributed by atoms with E-state index in [1.807, 2.05) is 0 Å². The molecule has 4 heteroatoms. The van der Waals surface area contributed by atoms with E-state index in [0.717, 1.165) is 32.4 Å². The van der Waals surface area contributed by atoms with Gasteiger partial charge in [0.05, 0.1) is 6.04 Å². The standard InChI is InChI=1S/C9H17BN2O/c1-2-6-12-7-4-3-5-8(12)9(13)11-10/h8H,2-7H2,1H3,(H,11,13). The predicted molar refractivity (Wildman–Crippen MR) is 53.4 cm³/mol. The molecular formula is C9H17BN2O. The molecule has 1 N–H and O–H groups in total. The van der Waals surface area contributed by atoms with Crippen molar-refractivity contribution in [2.45, 2.75) is 38.6 Å². The second kappa shape index (κ2) is 5.27. The number of likely N-dealkylation sites (tertiary alicyclic amines) is 1. The lowest BCUT2D eigenvalue weighted by atomic mass is 10.0. The number of nitrogens with zero attached hydrogens (tertiary/aromatic N) is 1. The molecule has 0 spiro atoms. The first kappa shape index (κ1) is 10.6. The summed E-state index contributed by atoms with van der Waals surface area (Å²) in [6.07, 6.45) is 4.38. The quantitative estimate of drug-likeness (QED) is 0.639. The topological polar surface area (TPSA) is 32.3 Å². The van der Waals surface area contributed by atoms with Crippen LogP contribution in [0.4, 0.5) is 0 Å². The van der Waals surface area contributed by atoms with Gasteiger partial charge in [0, 0.05) is 0 Å². The number of hydrogen-bond donors (Lipinski definition) is 1. The Kier molecular flexibility index (Phi) is 4.29. The van der Waals surface area contributed by atoms with Gasteiger partial charge in [0.1, 0.15) is 0 Å². The molecule has 1 aliphatic heterocycles. The molecule has 0 saturated carbocycles. The summed E-state index contributed by atoms with van der Waals surface area (Å²) in [5.74, 6) is -0.0341. The molecule has 1 rings (SSSR count). The maximum atomic E-state index is 11.4. The molecule has 2 radical (unpaired) electrons. The minimum absolute atomic E-state index is 0.0127. The van der Waals surface area contributed by atoms with Crippen molar-refractivity contribution in [2.75, 3.05) is 13.1 Å². The fourth-order valence-corrected chi connectivity index (χ4v) is 1.94. The normalized spacial score (nSPS) is 24.2. The second-order valence-corrected chi connectivity index (χ2v) is 3.56. The molecule has 1 unspecified atom stereocenters. The van der Waals surface area contributed by atoms with Crippen LogP contribution < -0.4 is 5.23 Å². The van der Waals surface area contributed by atoms with Gasteiger partial charge in [-0.3, -0.25) is 9.69 Å². The van der Waals surface area contributed by atoms with Crippen molar-refractivity contribution in [1.29, 1.82) is 0 Å². The van der Waals surface area contributed by atoms with E-state index < -0.39 is 0 Å². The Balaban J connectivity index is 2.50. The molecule has 1 aliphatic rings. The van der Waals surface area contributed by atoms with Crippen LogP contribution >= 0.6 is 0 Å². The molecule has 13 heavy (non-hydrogen) atoms. The summed E-state index contributed by atoms with van der Waals surface area (Å²) in [6.45, 7) is 4.16. The molecule has 1 fully saturated rings. The van der Waals surface area contributed by atoms with Gasteiger partial charge < -0.3 is 5.23 Å². The average Bonchev–Trinajstić information content (AvgIpc) is 2.18. The number of amides is 1. The van der Waals surface area contributed by atoms with E-state index in [1.54, 1.807) is 0 Å². The van der Waals surface area contributed by atoms with Crippen LogP contribution in [0.5, 0.6) is 0 Å². The Morgan fingerprint density at radius 3 is 3.00 bits per heavy atom. The largest absolute Gasteiger partial charge is 0.408 e. The summed E-state index contributed by atoms with van der Waals surface area (Å²) >= 11 is 0. The molecule has 3 nitrogen and oxygen atoms in total. The highest BCUT2D eigenvalue weighted by Gasteiger charge is 2.26. The summed E-state index contributed by atoms with van der Waals surface area (Å²) in [6, 6.07) is 0.0127. The average molecular weight is 180 g/mol. The van der Waals surface area contributed by atoms with E-state index in [4.69, 9.17) is 7.98 Å². The van der Waals surface area contributed by atoms with Crippen LogP contribution in [0.1, 0.15) is 32.6 Å². The molecule has 1 heterocycles. The Labute approximate surface area is 81.3 Å². The Hall–Kier alpha value is -0.505. The molecule has 0 aromatic heterocycles. The maximum absolute atomic E-state index is 11.4. The molecule has 1 amide bonds. The Bertz CT molecular complexity index is 173. The maximum Gasteiger partial charge on any atom is 0.226 e. The first-order chi connectivity index (χ1) is 6.29. The molecule has 0 bridgehead atoms. The molecule has 0 aromatic rings. The van der Waals surface area contributed by atoms with Crippen LogP contribution in [0, 0.1) is 0 Å². The van der Waals surface area contributed by atoms with Crippen molar-refractivity contribution in [3.63, 3.8) is 0 Å². The third kappa shape index (κ3) is 2.73. The van der Waals surface area contributed by atoms with E-state index in [-0.39, 0.29) is 11.9 Å². The van der Waals surface area contributed by atoms with Crippen LogP contribution in [-0.4, -0.2) is 37.9 Å². The van der Waals surface area contributed by atoms with Crippen molar-refractivity contribution >= 4 is 13.9 Å². The number of carbonyl (C=O) groups is 1. The summed E-state index contributed by atoms with van der Waals surface area (Å²) in [5.41, 5.74) is 0. The molecule has 72 valence electrons. The van der Waals surface area contributed by atoms with Gasteiger partial charge in [-0.05, 0) is 32.4 Å². The van der Waals surface area contributed by atoms with Gasteiger partial charge in [0.2, 0.25) is 13.9 Å². The van der Waals surface area contributed by atoms with Crippen molar-refractivity contribution < 1.29 is 4.79 Å². The van der Waals surface area contributed by atoms with Crippen molar-refractivity contribution in [1.82, 2.24) is 10.1 Å². The molecular weight excluding hydrogens is 163 g/mol. The van der Waals surface area contributed by atoms with Crippen LogP contribution in [-0.2, 0) is 4.79 Å². The summed E-state index contributed by atoms with van der Waals surface area (Å²) in [4.78, 5) is 13.6. The van der Waals surface area contributed by atoms with E-state index >= 15 is 0 Å². The van der Waals surface area contributed by atoms with E-state index in [9.17, 15) is 4.79 Å². The zero-order valence-electron chi connectivity index (χ0n) is 8.25. The molecule has 0 aliphatic carbocycles. The number of nitrogens with one attached hydrogen (secondary N) is 1. The number of hydrogen-bond acceptors (Lipinski definition) is 2. The summed E-state index contributed by atoms with van der Waals surface area (Å²) in [7, 11) is 5.14. The van der Waals surface area contributed by atoms with Gasteiger partial charge in [-0.2, -0.15) is 0 Å². The zero-order valence-corrected chi connectivity index (χ0v) is 8.25. The Morgan fingerprint density at radius 1 is 1.62 bits per heavy atom. The van der Waals surface area contributed by atoms with Gasteiger partial charge >= 0.3 is 0 Å². The molecule has 0 aromatic carbocycles. The third-order valence-corrected chi connectivity index (χ3v) is 2.57. The highest BCUT2D eigenvalue weighted by Crippen LogP contribution is 2.16. The van der Waals surface area contributed by atoms with Crippen LogP contribution in [0.15, 0.2) is 0 Å². The van der Waals surface area contributed by atoms with Crippen molar-refractivity contribution in [3.8, 4) is 0 Å². The second-order valence-electron chi connectivity index (χ2n) is 3.56. The monoisotopic (exact) mass is 180 g/mol. The van der Waals surface area contributed by atoms with Crippen molar-refractivity contribution in [3.05, 3.63) is 0 Å². The van der Waals surface area contributed by atoms with Gasteiger partial charge in [-0.25, -0.2) is 0 Å². The van der Waals surface area contributed by atoms with Crippen molar-refractivity contribution in [2.24, 2.45) is 0 Å². The minimum Gasteiger partial charge on any atom is -0.408 e. The van der Waals surface area contributed by atoms with Gasteiger partial charge in [0.15, 0.2) is 0 Å². The third-order valence-electron chi connectivity index (χ3n) is 2.57. The lowest BCUT2D eigenvalue weighted by Crippen LogP contribution is -2.49. The van der Waals surface area contributed by atoms with Crippen LogP contribution in [0.2, 0.25) is 0 Å². The van der Waals surface area contributed by atoms with Gasteiger partial charge in [0.25, 0.3) is 0 Å². The fourth-order valence-electron chi connectivity index (χ4n) is 1.94. The van der Waals surface area contributed by atoms with Gasteiger partial charge in [-0.1, -0.05) is 13.3 Å². The lowest BCUT2D eigenvalue weighted by Gasteiger charge is -2.34. The van der Waals surface area contributed by atoms with Gasteiger partial charge in [-0.15, -0.1) is 0 Å². The predicted octanol–water partition coefficient (Wildman–Crippen LogP) is 0.451. The van der Waals surface area contributed by atoms with Crippen LogP contribution in [0.25, 0.3) is 0 Å². The van der Waals surface area contributed by atoms with E-state index in [2.05, 4.69) is 17.1 Å². The fraction of sp³-hybridized carbons (Fsp3) is 0.889. The summed E-state index contributed by atoms with van der Waals surface area (Å²) < 4.78 is 0. The first-order valence-electron chi connectivity index (χ1n) is 5.04. The lowest BCUT2D eigenvalue weighted by molar-refractivity contribution is -0.125. The SMILES string of the molecule is [B]NC(=O)C1CCCCN1CCC. The van der Waals surface area contributed by atoms with E-state index in [1.165, 1.54) is 6.42 Å². The highest BCUT2D eigenvalue weighted by atomic mass is 16.2. The summed E-state index contributed by atoms with van der Waals surface area (Å²) in [5, 5.41) is 2.24. The smallest absolute Gasteiger partial charge is 0.226 e. The highest BCUT2D eigenvalue weighted by molar-refractivity contribution is 6.15. The molecule has 1 atom stereocenters. The van der Waals surface area contributed by atoms with E-state index in [0.29, 0.717) is 0 Å². The minimum atomic E-state index is -0.0341. The number of carbonyl (C=O) groups excluding carboxylic acids is 1. The molecule has 1 saturated heterocycles. The number of rotatable bonds is 3. The zero-order chi connectivity index (χ0) is 9.68. The Morgan fingerprint density at radius 2 is 2.38 bits per heavy atom. The number of piperidine rings is 1.